The number of nitrogens with zero attached hydrogens (tertiary/aromatic N) is 1. The Morgan fingerprint density at radius 1 is 1.11 bits per heavy atom. The van der Waals surface area contributed by atoms with E-state index in [2.05, 4.69) is 5.32 Å². The Hall–Kier alpha value is -2.70. The van der Waals surface area contributed by atoms with Gasteiger partial charge in [-0.25, -0.2) is 0 Å². The van der Waals surface area contributed by atoms with Crippen molar-refractivity contribution in [2.45, 2.75) is 38.6 Å². The van der Waals surface area contributed by atoms with E-state index in [0.29, 0.717) is 12.8 Å². The highest BCUT2D eigenvalue weighted by molar-refractivity contribution is 6.07. The van der Waals surface area contributed by atoms with Crippen LogP contribution < -0.4 is 5.32 Å². The van der Waals surface area contributed by atoms with Gasteiger partial charge in [0.2, 0.25) is 11.8 Å². The number of carbonyl (C=O) groups excluding carboxylic acids is 4. The summed E-state index contributed by atoms with van der Waals surface area (Å²) in [6.45, 7) is 0.962. The molecule has 2 aliphatic rings. The monoisotopic (exact) mass is 372 g/mol. The lowest BCUT2D eigenvalue weighted by molar-refractivity contribution is -0.155. The predicted molar refractivity (Wildman–Crippen MR) is 96.1 cm³/mol. The van der Waals surface area contributed by atoms with E-state index in [0.717, 1.165) is 23.3 Å². The van der Waals surface area contributed by atoms with Crippen molar-refractivity contribution < 1.29 is 23.9 Å². The van der Waals surface area contributed by atoms with Crippen LogP contribution in [-0.2, 0) is 23.9 Å². The molecule has 1 heterocycles. The predicted octanol–water partition coefficient (Wildman–Crippen LogP) is 1.58. The molecule has 1 N–H and O–H groups in total. The molecule has 3 rings (SSSR count). The minimum atomic E-state index is -0.752. The molecule has 27 heavy (non-hydrogen) atoms. The van der Waals surface area contributed by atoms with Crippen LogP contribution in [0.15, 0.2) is 30.3 Å². The fourth-order valence-electron chi connectivity index (χ4n) is 3.82. The average Bonchev–Trinajstić information content (AvgIpc) is 2.92. The summed E-state index contributed by atoms with van der Waals surface area (Å²) in [5, 5.41) is 2.74. The Kier molecular flexibility index (Phi) is 5.88. The Bertz CT molecular complexity index is 709. The number of hydrogen-bond acceptors (Lipinski definition) is 5. The van der Waals surface area contributed by atoms with Gasteiger partial charge in [-0.3, -0.25) is 24.1 Å². The molecule has 7 nitrogen and oxygen atoms in total. The lowest BCUT2D eigenvalue weighted by atomic mass is 9.81. The molecule has 1 aromatic carbocycles. The first-order valence-corrected chi connectivity index (χ1v) is 9.32. The molecule has 0 spiro atoms. The van der Waals surface area contributed by atoms with Crippen molar-refractivity contribution in [3.63, 3.8) is 0 Å². The number of nitrogens with one attached hydrogen (secondary N) is 1. The van der Waals surface area contributed by atoms with Crippen molar-refractivity contribution in [2.75, 3.05) is 13.2 Å². The topological polar surface area (TPSA) is 92.8 Å². The minimum absolute atomic E-state index is 0.220. The van der Waals surface area contributed by atoms with Gasteiger partial charge in [0, 0.05) is 0 Å². The maximum atomic E-state index is 12.3. The van der Waals surface area contributed by atoms with Crippen molar-refractivity contribution in [3.05, 3.63) is 35.9 Å². The molecule has 1 aliphatic heterocycles. The average molecular weight is 372 g/mol. The van der Waals surface area contributed by atoms with E-state index >= 15 is 0 Å². The molecular formula is C20H24N2O5. The molecule has 1 saturated carbocycles. The first-order valence-electron chi connectivity index (χ1n) is 9.32. The maximum absolute atomic E-state index is 12.3. The van der Waals surface area contributed by atoms with Gasteiger partial charge in [-0.1, -0.05) is 43.2 Å². The summed E-state index contributed by atoms with van der Waals surface area (Å²) in [6.07, 6.45) is 3.25. The first-order chi connectivity index (χ1) is 13.0. The minimum Gasteiger partial charge on any atom is -0.454 e. The van der Waals surface area contributed by atoms with Gasteiger partial charge in [-0.05, 0) is 25.3 Å². The second-order valence-corrected chi connectivity index (χ2v) is 7.12. The van der Waals surface area contributed by atoms with E-state index in [4.69, 9.17) is 4.74 Å². The number of benzene rings is 1. The van der Waals surface area contributed by atoms with Crippen molar-refractivity contribution >= 4 is 23.7 Å². The van der Waals surface area contributed by atoms with Gasteiger partial charge in [0.15, 0.2) is 6.61 Å². The number of amides is 3. The highest BCUT2D eigenvalue weighted by atomic mass is 16.5. The van der Waals surface area contributed by atoms with Crippen LogP contribution in [0.4, 0.5) is 0 Å². The number of imide groups is 1. The second kappa shape index (κ2) is 8.33. The van der Waals surface area contributed by atoms with Crippen molar-refractivity contribution in [3.8, 4) is 0 Å². The van der Waals surface area contributed by atoms with Crippen LogP contribution in [0.2, 0.25) is 0 Å². The number of fused-ring (bicyclic) bond motifs is 1. The van der Waals surface area contributed by atoms with E-state index in [1.807, 2.05) is 37.3 Å². The van der Waals surface area contributed by atoms with E-state index < -0.39 is 25.0 Å². The van der Waals surface area contributed by atoms with Gasteiger partial charge in [0.25, 0.3) is 5.91 Å². The standard InChI is InChI=1S/C20H24N2O5/c1-13(14-7-3-2-4-8-14)21-17(23)12-27-18(24)11-22-19(25)15-9-5-6-10-16(15)20(22)26/h2-4,7-8,13,15-16H,5-6,9-12H2,1H3,(H,21,23)/t13-,15-,16-/m0/s1. The number of ether oxygens (including phenoxy) is 1. The second-order valence-electron chi connectivity index (χ2n) is 7.12. The summed E-state index contributed by atoms with van der Waals surface area (Å²) in [4.78, 5) is 49.7. The van der Waals surface area contributed by atoms with Crippen LogP contribution in [0, 0.1) is 11.8 Å². The Labute approximate surface area is 158 Å². The lowest BCUT2D eigenvalue weighted by Gasteiger charge is -2.19. The van der Waals surface area contributed by atoms with Crippen LogP contribution in [0.5, 0.6) is 0 Å². The molecule has 2 fully saturated rings. The van der Waals surface area contributed by atoms with Crippen LogP contribution in [-0.4, -0.2) is 41.7 Å². The summed E-state index contributed by atoms with van der Waals surface area (Å²) in [5.41, 5.74) is 0.938. The number of likely N-dealkylation sites (tertiary alicyclic amines) is 1. The molecule has 0 radical (unpaired) electrons. The Balaban J connectivity index is 1.46. The molecule has 7 heteroatoms. The maximum Gasteiger partial charge on any atom is 0.326 e. The Morgan fingerprint density at radius 2 is 1.70 bits per heavy atom. The smallest absolute Gasteiger partial charge is 0.326 e. The molecule has 3 amide bonds. The summed E-state index contributed by atoms with van der Waals surface area (Å²) in [6, 6.07) is 9.19. The molecule has 1 aliphatic carbocycles. The van der Waals surface area contributed by atoms with Crippen molar-refractivity contribution in [2.24, 2.45) is 11.8 Å². The molecule has 144 valence electrons. The van der Waals surface area contributed by atoms with Gasteiger partial charge in [-0.15, -0.1) is 0 Å². The number of esters is 1. The highest BCUT2D eigenvalue weighted by Crippen LogP contribution is 2.37. The highest BCUT2D eigenvalue weighted by Gasteiger charge is 2.48. The largest absolute Gasteiger partial charge is 0.454 e. The zero-order chi connectivity index (χ0) is 19.4. The van der Waals surface area contributed by atoms with Gasteiger partial charge in [0.1, 0.15) is 6.54 Å². The lowest BCUT2D eigenvalue weighted by Crippen LogP contribution is -2.38. The summed E-state index contributed by atoms with van der Waals surface area (Å²) in [5.74, 6) is -2.36. The third-order valence-electron chi connectivity index (χ3n) is 5.26. The van der Waals surface area contributed by atoms with Gasteiger partial charge < -0.3 is 10.1 Å². The fraction of sp³-hybridized carbons (Fsp3) is 0.500. The third kappa shape index (κ3) is 4.35. The number of rotatable bonds is 6. The number of carbonyl (C=O) groups is 4. The Morgan fingerprint density at radius 3 is 2.30 bits per heavy atom. The molecule has 0 bridgehead atoms. The van der Waals surface area contributed by atoms with Crippen LogP contribution in [0.3, 0.4) is 0 Å². The van der Waals surface area contributed by atoms with E-state index in [9.17, 15) is 19.2 Å². The molecule has 1 saturated heterocycles. The molecule has 0 aromatic heterocycles. The first kappa shape index (κ1) is 19.1. The molecule has 1 aromatic rings. The van der Waals surface area contributed by atoms with Gasteiger partial charge in [0.05, 0.1) is 17.9 Å². The van der Waals surface area contributed by atoms with Crippen molar-refractivity contribution in [1.29, 1.82) is 0 Å². The van der Waals surface area contributed by atoms with E-state index in [1.165, 1.54) is 0 Å². The SMILES string of the molecule is C[C@H](NC(=O)COC(=O)CN1C(=O)[C@H]2CCCC[C@@H]2C1=O)c1ccccc1. The van der Waals surface area contributed by atoms with Crippen LogP contribution in [0.1, 0.15) is 44.2 Å². The van der Waals surface area contributed by atoms with Crippen LogP contribution >= 0.6 is 0 Å². The fourth-order valence-corrected chi connectivity index (χ4v) is 3.82. The summed E-state index contributed by atoms with van der Waals surface area (Å²) in [7, 11) is 0. The zero-order valence-electron chi connectivity index (χ0n) is 15.3. The van der Waals surface area contributed by atoms with Crippen molar-refractivity contribution in [1.82, 2.24) is 10.2 Å². The van der Waals surface area contributed by atoms with E-state index in [1.54, 1.807) is 0 Å². The van der Waals surface area contributed by atoms with Crippen LogP contribution in [0.25, 0.3) is 0 Å². The van der Waals surface area contributed by atoms with E-state index in [-0.39, 0.29) is 29.7 Å². The third-order valence-corrected chi connectivity index (χ3v) is 5.26. The number of hydrogen-bond donors (Lipinski definition) is 1. The molecule has 3 atom stereocenters. The van der Waals surface area contributed by atoms with Gasteiger partial charge in [-0.2, -0.15) is 0 Å². The quantitative estimate of drug-likeness (QED) is 0.605. The summed E-state index contributed by atoms with van der Waals surface area (Å²) >= 11 is 0. The van der Waals surface area contributed by atoms with Gasteiger partial charge >= 0.3 is 5.97 Å². The molecular weight excluding hydrogens is 348 g/mol. The normalized spacial score (nSPS) is 22.9. The summed E-state index contributed by atoms with van der Waals surface area (Å²) < 4.78 is 4.96. The zero-order valence-corrected chi connectivity index (χ0v) is 15.3. The molecule has 0 unspecified atom stereocenters.